The van der Waals surface area contributed by atoms with E-state index in [0.717, 1.165) is 44.1 Å². The van der Waals surface area contributed by atoms with Crippen molar-refractivity contribution < 1.29 is 44.5 Å². The fourth-order valence-corrected chi connectivity index (χ4v) is 10.7. The Hall–Kier alpha value is -0.880. The van der Waals surface area contributed by atoms with Crippen molar-refractivity contribution in [3.63, 3.8) is 0 Å². The summed E-state index contributed by atoms with van der Waals surface area (Å²) in [7, 11) is 0. The van der Waals surface area contributed by atoms with Gasteiger partial charge in [-0.15, -0.1) is 0 Å². The standard InChI is InChI=1S/C32H48O9/c1-16-7-10-31(39-14-16)17(2)32(37)25(41-31)13-22-20-6-5-18-11-19(33)12-24(30(18,4)21(20)8-9-29(22,32)3)40-28-27(36)26(35)23(34)15-38-28/h5,17,19-28,33-37H,1,6-15H2,2-4H3/t17-,19-,20+,21-,22+,23-,24-,25+,26+,27-,28+,29-,30+,31-,32+/m1/s1. The smallest absolute Gasteiger partial charge is 0.186 e. The SMILES string of the molecule is C=C1CC[C@@]2(OC1)O[C@H]1C[C@H]3[C@H]4CC=C5C[C@@H](O)C[C@@H](O[C@@H]6OC[C@@H](O)[C@H](O)[C@H]6O)[C@]5(C)[C@@H]4CC[C@@]3(C)[C@]1(O)[C@@H]2C. The average molecular weight is 577 g/mol. The lowest BCUT2D eigenvalue weighted by atomic mass is 9.45. The number of aliphatic hydroxyl groups is 5. The maximum absolute atomic E-state index is 12.6. The molecule has 1 spiro atoms. The third-order valence-electron chi connectivity index (χ3n) is 13.2. The van der Waals surface area contributed by atoms with E-state index in [1.54, 1.807) is 0 Å². The minimum atomic E-state index is -1.38. The first-order valence-electron chi connectivity index (χ1n) is 15.7. The monoisotopic (exact) mass is 576 g/mol. The zero-order valence-electron chi connectivity index (χ0n) is 24.6. The predicted molar refractivity (Wildman–Crippen MR) is 147 cm³/mol. The minimum absolute atomic E-state index is 0.123. The van der Waals surface area contributed by atoms with Crippen LogP contribution in [-0.4, -0.2) is 93.0 Å². The van der Waals surface area contributed by atoms with Gasteiger partial charge >= 0.3 is 0 Å². The van der Waals surface area contributed by atoms with E-state index in [4.69, 9.17) is 18.9 Å². The summed E-state index contributed by atoms with van der Waals surface area (Å²) in [5.74, 6) is -0.0889. The molecule has 7 rings (SSSR count). The number of ether oxygens (including phenoxy) is 4. The predicted octanol–water partition coefficient (Wildman–Crippen LogP) is 2.18. The molecular weight excluding hydrogens is 528 g/mol. The lowest BCUT2D eigenvalue weighted by Gasteiger charge is -2.61. The van der Waals surface area contributed by atoms with Crippen LogP contribution in [0.15, 0.2) is 23.8 Å². The topological polar surface area (TPSA) is 138 Å². The second-order valence-electron chi connectivity index (χ2n) is 14.8. The van der Waals surface area contributed by atoms with Crippen molar-refractivity contribution in [2.45, 2.75) is 126 Å². The molecule has 0 unspecified atom stereocenters. The van der Waals surface area contributed by atoms with Gasteiger partial charge in [0.2, 0.25) is 0 Å². The molecule has 9 heteroatoms. The molecule has 3 heterocycles. The molecule has 230 valence electrons. The number of rotatable bonds is 2. The van der Waals surface area contributed by atoms with Gasteiger partial charge in [-0.25, -0.2) is 0 Å². The van der Waals surface area contributed by atoms with Crippen LogP contribution in [0.5, 0.6) is 0 Å². The molecule has 41 heavy (non-hydrogen) atoms. The largest absolute Gasteiger partial charge is 0.393 e. The van der Waals surface area contributed by atoms with Crippen LogP contribution in [0.3, 0.4) is 0 Å². The number of allylic oxidation sites excluding steroid dienone is 1. The molecule has 9 nitrogen and oxygen atoms in total. The Kier molecular flexibility index (Phi) is 6.73. The summed E-state index contributed by atoms with van der Waals surface area (Å²) in [6.45, 7) is 11.1. The molecule has 0 radical (unpaired) electrons. The number of fused-ring (bicyclic) bond motifs is 7. The Labute approximate surface area is 242 Å². The van der Waals surface area contributed by atoms with E-state index in [0.29, 0.717) is 25.4 Å². The van der Waals surface area contributed by atoms with E-state index in [9.17, 15) is 25.5 Å². The molecule has 15 atom stereocenters. The third kappa shape index (κ3) is 3.80. The summed E-state index contributed by atoms with van der Waals surface area (Å²) < 4.78 is 25.1. The highest BCUT2D eigenvalue weighted by Crippen LogP contribution is 2.72. The van der Waals surface area contributed by atoms with E-state index < -0.39 is 53.6 Å². The quantitative estimate of drug-likeness (QED) is 0.313. The molecule has 5 N–H and O–H groups in total. The van der Waals surface area contributed by atoms with Gasteiger partial charge in [0.1, 0.15) is 23.9 Å². The van der Waals surface area contributed by atoms with Crippen molar-refractivity contribution >= 4 is 0 Å². The molecule has 0 aromatic rings. The number of hydrogen-bond donors (Lipinski definition) is 5. The van der Waals surface area contributed by atoms with Gasteiger partial charge in [0.05, 0.1) is 31.5 Å². The van der Waals surface area contributed by atoms with E-state index in [1.165, 1.54) is 5.57 Å². The molecule has 0 aromatic carbocycles. The van der Waals surface area contributed by atoms with Crippen LogP contribution in [-0.2, 0) is 18.9 Å². The van der Waals surface area contributed by atoms with E-state index in [1.807, 2.05) is 0 Å². The first-order chi connectivity index (χ1) is 19.3. The maximum Gasteiger partial charge on any atom is 0.186 e. The van der Waals surface area contributed by atoms with Crippen molar-refractivity contribution in [3.05, 3.63) is 23.8 Å². The van der Waals surface area contributed by atoms with Crippen LogP contribution in [0.4, 0.5) is 0 Å². The van der Waals surface area contributed by atoms with Gasteiger partial charge in [-0.3, -0.25) is 0 Å². The highest BCUT2D eigenvalue weighted by atomic mass is 16.7. The lowest BCUT2D eigenvalue weighted by Crippen LogP contribution is -2.62. The molecule has 0 amide bonds. The van der Waals surface area contributed by atoms with E-state index >= 15 is 0 Å². The van der Waals surface area contributed by atoms with Crippen molar-refractivity contribution in [2.75, 3.05) is 13.2 Å². The third-order valence-corrected chi connectivity index (χ3v) is 13.2. The summed E-state index contributed by atoms with van der Waals surface area (Å²) in [6, 6.07) is 0. The Morgan fingerprint density at radius 2 is 1.83 bits per heavy atom. The lowest BCUT2D eigenvalue weighted by molar-refractivity contribution is -0.300. The Morgan fingerprint density at radius 1 is 1.05 bits per heavy atom. The van der Waals surface area contributed by atoms with Crippen molar-refractivity contribution in [1.29, 1.82) is 0 Å². The summed E-state index contributed by atoms with van der Waals surface area (Å²) in [6.07, 6.45) is 2.05. The second kappa shape index (κ2) is 9.56. The number of aliphatic hydroxyl groups excluding tert-OH is 4. The summed E-state index contributed by atoms with van der Waals surface area (Å²) in [4.78, 5) is 0. The molecule has 6 fully saturated rings. The summed E-state index contributed by atoms with van der Waals surface area (Å²) in [5.41, 5.74) is 0.558. The van der Waals surface area contributed by atoms with Crippen molar-refractivity contribution in [1.82, 2.24) is 0 Å². The van der Waals surface area contributed by atoms with E-state index in [2.05, 4.69) is 33.4 Å². The Morgan fingerprint density at radius 3 is 2.56 bits per heavy atom. The van der Waals surface area contributed by atoms with Gasteiger partial charge in [-0.05, 0) is 56.3 Å². The molecular formula is C32H48O9. The van der Waals surface area contributed by atoms with Gasteiger partial charge in [-0.2, -0.15) is 0 Å². The van der Waals surface area contributed by atoms with Crippen molar-refractivity contribution in [2.24, 2.45) is 34.5 Å². The van der Waals surface area contributed by atoms with Crippen LogP contribution in [0.1, 0.15) is 72.1 Å². The Balaban J connectivity index is 1.17. The number of hydrogen-bond acceptors (Lipinski definition) is 9. The summed E-state index contributed by atoms with van der Waals surface area (Å²) >= 11 is 0. The molecule has 3 saturated heterocycles. The fourth-order valence-electron chi connectivity index (χ4n) is 10.7. The van der Waals surface area contributed by atoms with Crippen LogP contribution >= 0.6 is 0 Å². The minimum Gasteiger partial charge on any atom is -0.393 e. The van der Waals surface area contributed by atoms with Crippen LogP contribution in [0.25, 0.3) is 0 Å². The fraction of sp³-hybridized carbons (Fsp3) is 0.875. The van der Waals surface area contributed by atoms with Crippen LogP contribution < -0.4 is 0 Å². The average Bonchev–Trinajstić information content (AvgIpc) is 3.29. The first kappa shape index (κ1) is 28.9. The molecule has 3 aliphatic heterocycles. The zero-order valence-corrected chi connectivity index (χ0v) is 24.6. The first-order valence-corrected chi connectivity index (χ1v) is 15.7. The second-order valence-corrected chi connectivity index (χ2v) is 14.8. The van der Waals surface area contributed by atoms with Gasteiger partial charge in [0.25, 0.3) is 0 Å². The van der Waals surface area contributed by atoms with Gasteiger partial charge in [-0.1, -0.05) is 44.6 Å². The molecule has 0 aromatic heterocycles. The van der Waals surface area contributed by atoms with E-state index in [-0.39, 0.29) is 35.9 Å². The van der Waals surface area contributed by atoms with Crippen molar-refractivity contribution in [3.8, 4) is 0 Å². The summed E-state index contributed by atoms with van der Waals surface area (Å²) in [5, 5.41) is 54.3. The molecule has 7 aliphatic rings. The normalized spacial score (nSPS) is 58.4. The molecule has 0 bridgehead atoms. The Bertz CT molecular complexity index is 1100. The van der Waals surface area contributed by atoms with Gasteiger partial charge < -0.3 is 44.5 Å². The molecule has 3 saturated carbocycles. The highest BCUT2D eigenvalue weighted by molar-refractivity contribution is 5.30. The zero-order chi connectivity index (χ0) is 29.1. The highest BCUT2D eigenvalue weighted by Gasteiger charge is 2.76. The van der Waals surface area contributed by atoms with Crippen LogP contribution in [0, 0.1) is 34.5 Å². The van der Waals surface area contributed by atoms with Gasteiger partial charge in [0, 0.05) is 29.6 Å². The maximum atomic E-state index is 12.6. The van der Waals surface area contributed by atoms with Crippen LogP contribution in [0.2, 0.25) is 0 Å². The molecule has 4 aliphatic carbocycles. The van der Waals surface area contributed by atoms with Gasteiger partial charge in [0.15, 0.2) is 12.1 Å².